The predicted octanol–water partition coefficient (Wildman–Crippen LogP) is 5.10. The normalized spacial score (nSPS) is 38.3. The summed E-state index contributed by atoms with van der Waals surface area (Å²) in [5.41, 5.74) is -1.69. The van der Waals surface area contributed by atoms with Crippen LogP contribution in [0.25, 0.3) is 0 Å². The number of imide groups is 1. The fourth-order valence-corrected chi connectivity index (χ4v) is 8.66. The number of methoxy groups -OCH3 is 1. The maximum Gasteiger partial charge on any atom is 0.417 e. The molecule has 3 aliphatic carbocycles. The van der Waals surface area contributed by atoms with Gasteiger partial charge in [-0.15, -0.1) is 6.58 Å². The minimum absolute atomic E-state index is 0.0370. The van der Waals surface area contributed by atoms with Gasteiger partial charge >= 0.3 is 11.8 Å². The van der Waals surface area contributed by atoms with Crippen LogP contribution in [0.3, 0.4) is 0 Å². The lowest BCUT2D eigenvalue weighted by atomic mass is 9.44. The number of Topliss-reactive ketones (excluding diaryl/α,β-unsaturated/α-hetero) is 1. The number of benzene rings is 1. The van der Waals surface area contributed by atoms with Gasteiger partial charge in [-0.3, -0.25) is 19.7 Å². The molecule has 4 aliphatic rings. The number of aliphatic hydroxyl groups is 1. The Morgan fingerprint density at radius 2 is 1.93 bits per heavy atom. The lowest BCUT2D eigenvalue weighted by Crippen LogP contribution is -2.63. The number of hydrogen-bond acceptors (Lipinski definition) is 8. The largest absolute Gasteiger partial charge is 0.490 e. The molecule has 0 saturated heterocycles. The van der Waals surface area contributed by atoms with E-state index in [0.29, 0.717) is 18.4 Å². The number of ether oxygens (including phenoxy) is 2. The van der Waals surface area contributed by atoms with E-state index in [2.05, 4.69) is 13.5 Å². The van der Waals surface area contributed by atoms with E-state index < -0.39 is 45.4 Å². The molecule has 10 heteroatoms. The summed E-state index contributed by atoms with van der Waals surface area (Å²) in [7, 11) is 1.32. The molecule has 222 valence electrons. The van der Waals surface area contributed by atoms with Crippen LogP contribution in [0.2, 0.25) is 0 Å². The summed E-state index contributed by atoms with van der Waals surface area (Å²) in [6, 6.07) is 2.62. The van der Waals surface area contributed by atoms with Gasteiger partial charge in [-0.25, -0.2) is 9.69 Å². The zero-order valence-corrected chi connectivity index (χ0v) is 24.5. The molecule has 2 amide bonds. The number of hydrogen-bond donors (Lipinski definition) is 1. The molecule has 0 unspecified atom stereocenters. The van der Waals surface area contributed by atoms with Crippen molar-refractivity contribution in [3.8, 4) is 5.75 Å². The van der Waals surface area contributed by atoms with Crippen LogP contribution in [-0.2, 0) is 16.0 Å². The summed E-state index contributed by atoms with van der Waals surface area (Å²) in [6.45, 7) is 12.1. The lowest BCUT2D eigenvalue weighted by Gasteiger charge is -2.61. The Labute approximate surface area is 240 Å². The molecule has 0 spiro atoms. The molecule has 1 aromatic rings. The second-order valence-electron chi connectivity index (χ2n) is 13.1. The fourth-order valence-electron chi connectivity index (χ4n) is 8.66. The molecule has 10 nitrogen and oxygen atoms in total. The number of amides is 2. The Hall–Kier alpha value is -3.27. The number of aliphatic hydroxyl groups excluding tert-OH is 1. The summed E-state index contributed by atoms with van der Waals surface area (Å²) in [6.07, 6.45) is 2.59. The highest BCUT2D eigenvalue weighted by molar-refractivity contribution is 6.05. The highest BCUT2D eigenvalue weighted by atomic mass is 16.6. The van der Waals surface area contributed by atoms with Gasteiger partial charge in [0.15, 0.2) is 5.75 Å². The first-order valence-corrected chi connectivity index (χ1v) is 14.5. The van der Waals surface area contributed by atoms with E-state index in [1.54, 1.807) is 6.08 Å². The van der Waals surface area contributed by atoms with Gasteiger partial charge in [-0.05, 0) is 61.0 Å². The van der Waals surface area contributed by atoms with Crippen LogP contribution in [0.15, 0.2) is 24.8 Å². The van der Waals surface area contributed by atoms with E-state index in [9.17, 15) is 29.6 Å². The molecular weight excluding hydrogens is 528 g/mol. The Bertz CT molecular complexity index is 1330. The number of nitro groups is 1. The minimum Gasteiger partial charge on any atom is -0.490 e. The van der Waals surface area contributed by atoms with Gasteiger partial charge in [0.25, 0.3) is 5.91 Å². The first kappa shape index (κ1) is 29.2. The maximum atomic E-state index is 13.8. The van der Waals surface area contributed by atoms with E-state index in [-0.39, 0.29) is 59.9 Å². The third-order valence-corrected chi connectivity index (χ3v) is 11.4. The number of fused-ring (bicyclic) bond motifs is 1. The summed E-state index contributed by atoms with van der Waals surface area (Å²) in [5, 5.41) is 23.3. The molecule has 0 aromatic heterocycles. The van der Waals surface area contributed by atoms with Gasteiger partial charge in [0.2, 0.25) is 0 Å². The van der Waals surface area contributed by atoms with Gasteiger partial charge in [0.05, 0.1) is 23.7 Å². The number of carbonyl (C=O) groups excluding carboxylic acids is 3. The van der Waals surface area contributed by atoms with Gasteiger partial charge < -0.3 is 14.6 Å². The fraction of sp³-hybridized carbons (Fsp3) is 0.645. The highest BCUT2D eigenvalue weighted by Gasteiger charge is 2.68. The molecule has 1 aliphatic heterocycles. The summed E-state index contributed by atoms with van der Waals surface area (Å²) < 4.78 is 11.4. The molecule has 3 fully saturated rings. The third-order valence-electron chi connectivity index (χ3n) is 11.4. The molecule has 3 saturated carbocycles. The Morgan fingerprint density at radius 1 is 1.22 bits per heavy atom. The summed E-state index contributed by atoms with van der Waals surface area (Å²) >= 11 is 0. The van der Waals surface area contributed by atoms with Crippen molar-refractivity contribution in [2.45, 2.75) is 78.4 Å². The van der Waals surface area contributed by atoms with Crippen LogP contribution in [0.1, 0.15) is 75.7 Å². The van der Waals surface area contributed by atoms with Gasteiger partial charge in [-0.1, -0.05) is 33.8 Å². The van der Waals surface area contributed by atoms with Gasteiger partial charge in [-0.2, -0.15) is 0 Å². The molecule has 8 atom stereocenters. The van der Waals surface area contributed by atoms with Gasteiger partial charge in [0, 0.05) is 35.8 Å². The monoisotopic (exact) mass is 568 g/mol. The van der Waals surface area contributed by atoms with Crippen molar-refractivity contribution in [3.05, 3.63) is 46.0 Å². The highest BCUT2D eigenvalue weighted by Crippen LogP contribution is 2.68. The van der Waals surface area contributed by atoms with E-state index >= 15 is 0 Å². The topological polar surface area (TPSA) is 136 Å². The zero-order chi connectivity index (χ0) is 30.1. The van der Waals surface area contributed by atoms with E-state index in [0.717, 1.165) is 23.8 Å². The van der Waals surface area contributed by atoms with E-state index in [4.69, 9.17) is 9.47 Å². The van der Waals surface area contributed by atoms with E-state index in [1.807, 2.05) is 20.8 Å². The number of nitro benzene ring substituents is 1. The SMILES string of the molecule is C=C[C@]1(C)C[C@@H](OC(=O)N2CCc3cc(OC)c([N+](=O)[O-])cc3C2=O)[C@]2(C)[C@H](C)CC[C@]3(CCC(=O)[C@H]32)[C@@H](C)[C@@H]1O. The van der Waals surface area contributed by atoms with Crippen LogP contribution in [-0.4, -0.2) is 58.6 Å². The van der Waals surface area contributed by atoms with Crippen molar-refractivity contribution in [2.24, 2.45) is 34.0 Å². The summed E-state index contributed by atoms with van der Waals surface area (Å²) in [5.74, 6) is -0.981. The molecule has 1 heterocycles. The molecule has 1 aromatic carbocycles. The Balaban J connectivity index is 1.53. The summed E-state index contributed by atoms with van der Waals surface area (Å²) in [4.78, 5) is 52.9. The lowest BCUT2D eigenvalue weighted by molar-refractivity contribution is -0.385. The van der Waals surface area contributed by atoms with Crippen molar-refractivity contribution in [1.82, 2.24) is 4.90 Å². The Kier molecular flexibility index (Phi) is 7.08. The average Bonchev–Trinajstić information content (AvgIpc) is 3.30. The van der Waals surface area contributed by atoms with Crippen LogP contribution in [0, 0.1) is 44.1 Å². The van der Waals surface area contributed by atoms with E-state index in [1.165, 1.54) is 13.2 Å². The molecule has 2 bridgehead atoms. The zero-order valence-electron chi connectivity index (χ0n) is 24.5. The molecule has 0 radical (unpaired) electrons. The maximum absolute atomic E-state index is 13.8. The van der Waals surface area contributed by atoms with Crippen LogP contribution in [0.5, 0.6) is 5.75 Å². The predicted molar refractivity (Wildman–Crippen MR) is 149 cm³/mol. The molecular formula is C31H40N2O8. The van der Waals surface area contributed by atoms with Gasteiger partial charge in [0.1, 0.15) is 11.9 Å². The van der Waals surface area contributed by atoms with Crippen LogP contribution < -0.4 is 4.74 Å². The van der Waals surface area contributed by atoms with Crippen LogP contribution in [0.4, 0.5) is 10.5 Å². The minimum atomic E-state index is -0.853. The first-order chi connectivity index (χ1) is 19.2. The van der Waals surface area contributed by atoms with Crippen molar-refractivity contribution in [2.75, 3.05) is 13.7 Å². The van der Waals surface area contributed by atoms with Crippen molar-refractivity contribution in [3.63, 3.8) is 0 Å². The van der Waals surface area contributed by atoms with Crippen LogP contribution >= 0.6 is 0 Å². The molecule has 41 heavy (non-hydrogen) atoms. The second kappa shape index (κ2) is 9.93. The first-order valence-electron chi connectivity index (χ1n) is 14.5. The molecule has 1 N–H and O–H groups in total. The number of nitrogens with zero attached hydrogens (tertiary/aromatic N) is 2. The second-order valence-corrected chi connectivity index (χ2v) is 13.1. The Morgan fingerprint density at radius 3 is 2.56 bits per heavy atom. The number of rotatable bonds is 4. The molecule has 5 rings (SSSR count). The smallest absolute Gasteiger partial charge is 0.417 e. The van der Waals surface area contributed by atoms with Crippen molar-refractivity contribution >= 4 is 23.5 Å². The quantitative estimate of drug-likeness (QED) is 0.301. The number of carbonyl (C=O) groups is 3. The standard InChI is InChI=1S/C31H40N2O8/c1-7-29(4)16-24(30(5)17(2)8-11-31(18(3)26(29)35)12-9-22(34)25(30)31)41-28(37)32-13-10-19-14-23(40-6)21(33(38)39)15-20(19)27(32)36/h7,14-15,17-18,24-26,35H,1,8-13,16H2,2-6H3/t17-,18+,24-,25+,26+,29-,30+,31+/m1/s1. The van der Waals surface area contributed by atoms with Crippen molar-refractivity contribution in [1.29, 1.82) is 0 Å². The average molecular weight is 569 g/mol. The third kappa shape index (κ3) is 4.12. The van der Waals surface area contributed by atoms with Crippen molar-refractivity contribution < 1.29 is 33.9 Å². The number of ketones is 1.